The van der Waals surface area contributed by atoms with E-state index in [1.54, 1.807) is 18.9 Å². The number of hydrogen-bond donors (Lipinski definition) is 1. The Labute approximate surface area is 172 Å². The predicted molar refractivity (Wildman–Crippen MR) is 117 cm³/mol. The number of carbonyl (C=O) groups is 1. The molecule has 3 rings (SSSR count). The van der Waals surface area contributed by atoms with Gasteiger partial charge in [0.15, 0.2) is 0 Å². The quantitative estimate of drug-likeness (QED) is 0.635. The molecule has 0 aliphatic heterocycles. The lowest BCUT2D eigenvalue weighted by Crippen LogP contribution is -2.41. The zero-order valence-corrected chi connectivity index (χ0v) is 17.2. The Morgan fingerprint density at radius 2 is 1.72 bits per heavy atom. The van der Waals surface area contributed by atoms with Gasteiger partial charge in [0.2, 0.25) is 5.91 Å². The number of hydrogen-bond acceptors (Lipinski definition) is 4. The number of carbonyl (C=O) groups excluding carboxylic acids is 1. The zero-order chi connectivity index (χ0) is 20.8. The van der Waals surface area contributed by atoms with Crippen LogP contribution in [0.4, 0.5) is 5.69 Å². The third kappa shape index (κ3) is 5.48. The van der Waals surface area contributed by atoms with E-state index in [1.165, 1.54) is 0 Å². The molecule has 0 aliphatic rings. The summed E-state index contributed by atoms with van der Waals surface area (Å²) >= 11 is 0. The number of para-hydroxylation sites is 1. The first kappa shape index (κ1) is 20.7. The highest BCUT2D eigenvalue weighted by Crippen LogP contribution is 2.22. The molecule has 0 fully saturated rings. The van der Waals surface area contributed by atoms with Crippen molar-refractivity contribution in [3.8, 4) is 5.75 Å². The Bertz CT molecular complexity index is 957. The molecule has 1 N–H and O–H groups in total. The highest BCUT2D eigenvalue weighted by molar-refractivity contribution is 5.85. The van der Waals surface area contributed by atoms with Gasteiger partial charge in [0.1, 0.15) is 5.75 Å². The molecule has 152 valence electrons. The Morgan fingerprint density at radius 1 is 1.03 bits per heavy atom. The largest absolute Gasteiger partial charge is 0.497 e. The van der Waals surface area contributed by atoms with Crippen molar-refractivity contribution < 1.29 is 14.6 Å². The molecule has 1 amide bonds. The van der Waals surface area contributed by atoms with Gasteiger partial charge in [0, 0.05) is 25.8 Å². The lowest BCUT2D eigenvalue weighted by atomic mass is 10.1. The number of aliphatic hydroxyl groups is 1. The Balaban J connectivity index is 1.69. The number of methoxy groups -OCH3 is 1. The van der Waals surface area contributed by atoms with E-state index in [1.807, 2.05) is 66.5 Å². The summed E-state index contributed by atoms with van der Waals surface area (Å²) in [5, 5.41) is 12.1. The SMILES string of the molecule is COc1ccc2cc(CN(C)C(=O)CN(CC(C)O)c3ccccc3)ccc2c1. The van der Waals surface area contributed by atoms with E-state index >= 15 is 0 Å². The summed E-state index contributed by atoms with van der Waals surface area (Å²) in [6.45, 7) is 2.88. The van der Waals surface area contributed by atoms with Gasteiger partial charge in [-0.2, -0.15) is 0 Å². The summed E-state index contributed by atoms with van der Waals surface area (Å²) in [5.74, 6) is 0.834. The Hall–Kier alpha value is -3.05. The van der Waals surface area contributed by atoms with Crippen molar-refractivity contribution in [2.24, 2.45) is 0 Å². The highest BCUT2D eigenvalue weighted by atomic mass is 16.5. The standard InChI is InChI=1S/C24H28N2O3/c1-18(27)15-26(22-7-5-4-6-8-22)17-24(28)25(2)16-19-9-10-21-14-23(29-3)12-11-20(21)13-19/h4-14,18,27H,15-17H2,1-3H3. The molecule has 0 aromatic heterocycles. The van der Waals surface area contributed by atoms with Crippen molar-refractivity contribution in [1.82, 2.24) is 4.90 Å². The van der Waals surface area contributed by atoms with Crippen LogP contribution < -0.4 is 9.64 Å². The topological polar surface area (TPSA) is 53.0 Å². The van der Waals surface area contributed by atoms with Gasteiger partial charge in [-0.1, -0.05) is 36.4 Å². The van der Waals surface area contributed by atoms with Gasteiger partial charge >= 0.3 is 0 Å². The summed E-state index contributed by atoms with van der Waals surface area (Å²) in [7, 11) is 3.47. The fourth-order valence-corrected chi connectivity index (χ4v) is 3.36. The molecule has 1 atom stereocenters. The second kappa shape index (κ2) is 9.43. The molecule has 29 heavy (non-hydrogen) atoms. The summed E-state index contributed by atoms with van der Waals surface area (Å²) < 4.78 is 5.27. The molecule has 0 saturated heterocycles. The molecule has 0 heterocycles. The maximum atomic E-state index is 12.8. The number of nitrogens with zero attached hydrogens (tertiary/aromatic N) is 2. The molecule has 3 aromatic carbocycles. The van der Waals surface area contributed by atoms with Crippen molar-refractivity contribution in [3.05, 3.63) is 72.3 Å². The number of likely N-dealkylation sites (N-methyl/N-ethyl adjacent to an activating group) is 1. The number of rotatable bonds is 8. The molecule has 0 bridgehead atoms. The van der Waals surface area contributed by atoms with E-state index in [4.69, 9.17) is 4.74 Å². The van der Waals surface area contributed by atoms with Crippen LogP contribution in [0.25, 0.3) is 10.8 Å². The summed E-state index contributed by atoms with van der Waals surface area (Å²) in [5.41, 5.74) is 2.00. The molecule has 0 radical (unpaired) electrons. The number of ether oxygens (including phenoxy) is 1. The van der Waals surface area contributed by atoms with Crippen LogP contribution in [-0.4, -0.2) is 49.3 Å². The number of amides is 1. The van der Waals surface area contributed by atoms with Gasteiger partial charge < -0.3 is 19.6 Å². The highest BCUT2D eigenvalue weighted by Gasteiger charge is 2.17. The van der Waals surface area contributed by atoms with Crippen molar-refractivity contribution in [2.75, 3.05) is 32.1 Å². The lowest BCUT2D eigenvalue weighted by Gasteiger charge is -2.28. The Kier molecular flexibility index (Phi) is 6.73. The van der Waals surface area contributed by atoms with E-state index < -0.39 is 6.10 Å². The van der Waals surface area contributed by atoms with Crippen LogP contribution >= 0.6 is 0 Å². The lowest BCUT2D eigenvalue weighted by molar-refractivity contribution is -0.129. The predicted octanol–water partition coefficient (Wildman–Crippen LogP) is 3.69. The number of benzene rings is 3. The van der Waals surface area contributed by atoms with Crippen LogP contribution in [-0.2, 0) is 11.3 Å². The normalized spacial score (nSPS) is 11.9. The van der Waals surface area contributed by atoms with Crippen molar-refractivity contribution in [1.29, 1.82) is 0 Å². The van der Waals surface area contributed by atoms with E-state index in [2.05, 4.69) is 12.1 Å². The smallest absolute Gasteiger partial charge is 0.242 e. The summed E-state index contributed by atoms with van der Waals surface area (Å²) in [6.07, 6.45) is -0.522. The minimum Gasteiger partial charge on any atom is -0.497 e. The van der Waals surface area contributed by atoms with Crippen LogP contribution in [0.1, 0.15) is 12.5 Å². The molecule has 1 unspecified atom stereocenters. The third-order valence-electron chi connectivity index (χ3n) is 4.89. The van der Waals surface area contributed by atoms with Gasteiger partial charge in [-0.25, -0.2) is 0 Å². The van der Waals surface area contributed by atoms with Crippen molar-refractivity contribution in [2.45, 2.75) is 19.6 Å². The minimum atomic E-state index is -0.522. The van der Waals surface area contributed by atoms with E-state index in [-0.39, 0.29) is 12.5 Å². The number of aliphatic hydroxyl groups excluding tert-OH is 1. The summed E-state index contributed by atoms with van der Waals surface area (Å²) in [6, 6.07) is 21.9. The Morgan fingerprint density at radius 3 is 2.41 bits per heavy atom. The molecular formula is C24H28N2O3. The molecule has 0 aliphatic carbocycles. The number of fused-ring (bicyclic) bond motifs is 1. The monoisotopic (exact) mass is 392 g/mol. The first-order chi connectivity index (χ1) is 14.0. The molecular weight excluding hydrogens is 364 g/mol. The van der Waals surface area contributed by atoms with E-state index in [9.17, 15) is 9.90 Å². The van der Waals surface area contributed by atoms with Crippen LogP contribution in [0, 0.1) is 0 Å². The maximum absolute atomic E-state index is 12.8. The van der Waals surface area contributed by atoms with Crippen LogP contribution in [0.5, 0.6) is 5.75 Å². The van der Waals surface area contributed by atoms with Gasteiger partial charge in [-0.15, -0.1) is 0 Å². The second-order valence-corrected chi connectivity index (χ2v) is 7.36. The molecule has 5 nitrogen and oxygen atoms in total. The van der Waals surface area contributed by atoms with Crippen molar-refractivity contribution >= 4 is 22.4 Å². The average Bonchev–Trinajstić information content (AvgIpc) is 2.73. The van der Waals surface area contributed by atoms with Crippen molar-refractivity contribution in [3.63, 3.8) is 0 Å². The van der Waals surface area contributed by atoms with Gasteiger partial charge in [-0.05, 0) is 53.6 Å². The fourth-order valence-electron chi connectivity index (χ4n) is 3.36. The average molecular weight is 392 g/mol. The molecule has 5 heteroatoms. The van der Waals surface area contributed by atoms with Gasteiger partial charge in [0.05, 0.1) is 19.8 Å². The van der Waals surface area contributed by atoms with Gasteiger partial charge in [-0.3, -0.25) is 4.79 Å². The maximum Gasteiger partial charge on any atom is 0.242 e. The fraction of sp³-hybridized carbons (Fsp3) is 0.292. The first-order valence-corrected chi connectivity index (χ1v) is 9.75. The molecule has 0 spiro atoms. The minimum absolute atomic E-state index is 0.00401. The first-order valence-electron chi connectivity index (χ1n) is 9.75. The van der Waals surface area contributed by atoms with Crippen LogP contribution in [0.15, 0.2) is 66.7 Å². The zero-order valence-electron chi connectivity index (χ0n) is 17.2. The molecule has 3 aromatic rings. The second-order valence-electron chi connectivity index (χ2n) is 7.36. The molecule has 0 saturated carbocycles. The number of anilines is 1. The summed E-state index contributed by atoms with van der Waals surface area (Å²) in [4.78, 5) is 16.5. The van der Waals surface area contributed by atoms with E-state index in [0.29, 0.717) is 13.1 Å². The third-order valence-corrected chi connectivity index (χ3v) is 4.89. The van der Waals surface area contributed by atoms with Gasteiger partial charge in [0.25, 0.3) is 0 Å². The van der Waals surface area contributed by atoms with E-state index in [0.717, 1.165) is 27.8 Å². The van der Waals surface area contributed by atoms with Crippen LogP contribution in [0.2, 0.25) is 0 Å². The van der Waals surface area contributed by atoms with Crippen LogP contribution in [0.3, 0.4) is 0 Å².